The number of aliphatic hydroxyl groups excluding tert-OH is 1. The highest BCUT2D eigenvalue weighted by Crippen LogP contribution is 2.66. The lowest BCUT2D eigenvalue weighted by Gasteiger charge is -2.58. The molecule has 0 radical (unpaired) electrons. The van der Waals surface area contributed by atoms with Gasteiger partial charge in [0.2, 0.25) is 0 Å². The zero-order valence-electron chi connectivity index (χ0n) is 17.8. The molecule has 27 heavy (non-hydrogen) atoms. The largest absolute Gasteiger partial charge is 0.393 e. The first-order chi connectivity index (χ1) is 12.6. The smallest absolute Gasteiger partial charge is 0.0824 e. The summed E-state index contributed by atoms with van der Waals surface area (Å²) in [5.41, 5.74) is 1.56. The van der Waals surface area contributed by atoms with Gasteiger partial charge in [-0.1, -0.05) is 25.5 Å². The van der Waals surface area contributed by atoms with Crippen molar-refractivity contribution < 1.29 is 14.9 Å². The fourth-order valence-electron chi connectivity index (χ4n) is 7.48. The molecule has 0 aromatic heterocycles. The zero-order valence-corrected chi connectivity index (χ0v) is 17.8. The number of hydrogen-bond donors (Lipinski definition) is 2. The molecule has 0 amide bonds. The Morgan fingerprint density at radius 2 is 1.89 bits per heavy atom. The van der Waals surface area contributed by atoms with E-state index >= 15 is 0 Å². The molecule has 7 unspecified atom stereocenters. The fourth-order valence-corrected chi connectivity index (χ4v) is 7.48. The molecule has 3 fully saturated rings. The SMILES string of the molecule is CC(C)(O)COCC1CCC2C3CC=C4CC(O)CCC4(C)C3CCC12C. The minimum absolute atomic E-state index is 0.112. The Labute approximate surface area is 165 Å². The molecule has 0 spiro atoms. The van der Waals surface area contributed by atoms with Crippen molar-refractivity contribution in [2.75, 3.05) is 13.2 Å². The molecule has 2 N–H and O–H groups in total. The van der Waals surface area contributed by atoms with Crippen molar-refractivity contribution in [2.45, 2.75) is 90.8 Å². The van der Waals surface area contributed by atoms with Crippen molar-refractivity contribution in [3.8, 4) is 0 Å². The summed E-state index contributed by atoms with van der Waals surface area (Å²) in [5, 5.41) is 20.1. The van der Waals surface area contributed by atoms with Crippen LogP contribution >= 0.6 is 0 Å². The molecule has 0 aliphatic heterocycles. The van der Waals surface area contributed by atoms with E-state index in [2.05, 4.69) is 19.9 Å². The second-order valence-corrected chi connectivity index (χ2v) is 11.3. The number of rotatable bonds is 4. The monoisotopic (exact) mass is 376 g/mol. The Morgan fingerprint density at radius 1 is 1.11 bits per heavy atom. The van der Waals surface area contributed by atoms with E-state index in [0.29, 0.717) is 23.4 Å². The van der Waals surface area contributed by atoms with Crippen LogP contribution in [0.15, 0.2) is 11.6 Å². The van der Waals surface area contributed by atoms with Crippen LogP contribution in [0.4, 0.5) is 0 Å². The van der Waals surface area contributed by atoms with E-state index in [1.54, 1.807) is 5.57 Å². The lowest BCUT2D eigenvalue weighted by molar-refractivity contribution is -0.0767. The van der Waals surface area contributed by atoms with E-state index < -0.39 is 5.60 Å². The molecule has 3 saturated carbocycles. The van der Waals surface area contributed by atoms with Crippen molar-refractivity contribution >= 4 is 0 Å². The zero-order chi connectivity index (χ0) is 19.4. The van der Waals surface area contributed by atoms with Crippen molar-refractivity contribution in [3.05, 3.63) is 11.6 Å². The Balaban J connectivity index is 1.49. The minimum atomic E-state index is -0.735. The maximum Gasteiger partial charge on any atom is 0.0824 e. The summed E-state index contributed by atoms with van der Waals surface area (Å²) >= 11 is 0. The number of aliphatic hydroxyl groups is 2. The topological polar surface area (TPSA) is 49.7 Å². The molecule has 3 nitrogen and oxygen atoms in total. The molecular formula is C24H40O3. The molecule has 4 aliphatic carbocycles. The third kappa shape index (κ3) is 3.42. The van der Waals surface area contributed by atoms with Crippen LogP contribution in [0, 0.1) is 34.5 Å². The average molecular weight is 377 g/mol. The van der Waals surface area contributed by atoms with E-state index in [0.717, 1.165) is 37.2 Å². The maximum atomic E-state index is 10.2. The molecular weight excluding hydrogens is 336 g/mol. The Morgan fingerprint density at radius 3 is 2.63 bits per heavy atom. The Hall–Kier alpha value is -0.380. The summed E-state index contributed by atoms with van der Waals surface area (Å²) in [5.74, 6) is 3.07. The number of hydrogen-bond acceptors (Lipinski definition) is 3. The van der Waals surface area contributed by atoms with Crippen molar-refractivity contribution in [1.82, 2.24) is 0 Å². The molecule has 0 saturated heterocycles. The van der Waals surface area contributed by atoms with Crippen LogP contribution in [0.25, 0.3) is 0 Å². The lowest BCUT2D eigenvalue weighted by Crippen LogP contribution is -2.50. The van der Waals surface area contributed by atoms with E-state index in [4.69, 9.17) is 4.74 Å². The second kappa shape index (κ2) is 6.85. The average Bonchev–Trinajstić information content (AvgIpc) is 2.91. The van der Waals surface area contributed by atoms with Gasteiger partial charge in [0.05, 0.1) is 24.9 Å². The van der Waals surface area contributed by atoms with Gasteiger partial charge in [-0.2, -0.15) is 0 Å². The predicted octanol–water partition coefficient (Wildman–Crippen LogP) is 4.71. The molecule has 0 bridgehead atoms. The molecule has 0 aromatic rings. The number of ether oxygens (including phenoxy) is 1. The summed E-state index contributed by atoms with van der Waals surface area (Å²) in [4.78, 5) is 0. The van der Waals surface area contributed by atoms with Crippen LogP contribution in [0.2, 0.25) is 0 Å². The highest BCUT2D eigenvalue weighted by Gasteiger charge is 2.58. The molecule has 0 aromatic carbocycles. The van der Waals surface area contributed by atoms with Gasteiger partial charge in [0.1, 0.15) is 0 Å². The predicted molar refractivity (Wildman–Crippen MR) is 108 cm³/mol. The first kappa shape index (κ1) is 19.9. The van der Waals surface area contributed by atoms with Crippen LogP contribution in [0.3, 0.4) is 0 Å². The number of allylic oxidation sites excluding steroid dienone is 1. The van der Waals surface area contributed by atoms with Crippen LogP contribution in [0.5, 0.6) is 0 Å². The van der Waals surface area contributed by atoms with E-state index in [1.165, 1.54) is 38.5 Å². The summed E-state index contributed by atoms with van der Waals surface area (Å²) in [6.07, 6.45) is 12.0. The van der Waals surface area contributed by atoms with Crippen LogP contribution in [-0.4, -0.2) is 35.1 Å². The van der Waals surface area contributed by atoms with Gasteiger partial charge in [0.15, 0.2) is 0 Å². The summed E-state index contributed by atoms with van der Waals surface area (Å²) in [6, 6.07) is 0. The van der Waals surface area contributed by atoms with Crippen LogP contribution in [0.1, 0.15) is 79.1 Å². The highest BCUT2D eigenvalue weighted by atomic mass is 16.5. The Kier molecular flexibility index (Phi) is 5.05. The maximum absolute atomic E-state index is 10.2. The fraction of sp³-hybridized carbons (Fsp3) is 0.917. The molecule has 0 heterocycles. The van der Waals surface area contributed by atoms with Gasteiger partial charge in [-0.25, -0.2) is 0 Å². The first-order valence-electron chi connectivity index (χ1n) is 11.3. The summed E-state index contributed by atoms with van der Waals surface area (Å²) in [6.45, 7) is 9.92. The number of fused-ring (bicyclic) bond motifs is 5. The third-order valence-electron chi connectivity index (χ3n) is 9.05. The normalized spacial score (nSPS) is 47.0. The summed E-state index contributed by atoms with van der Waals surface area (Å²) < 4.78 is 5.96. The van der Waals surface area contributed by atoms with Crippen molar-refractivity contribution in [1.29, 1.82) is 0 Å². The second-order valence-electron chi connectivity index (χ2n) is 11.3. The van der Waals surface area contributed by atoms with Gasteiger partial charge in [0, 0.05) is 0 Å². The van der Waals surface area contributed by atoms with Gasteiger partial charge >= 0.3 is 0 Å². The van der Waals surface area contributed by atoms with Crippen molar-refractivity contribution in [2.24, 2.45) is 34.5 Å². The van der Waals surface area contributed by atoms with E-state index in [1.807, 2.05) is 13.8 Å². The molecule has 7 atom stereocenters. The van der Waals surface area contributed by atoms with Gasteiger partial charge in [-0.15, -0.1) is 0 Å². The van der Waals surface area contributed by atoms with E-state index in [-0.39, 0.29) is 6.10 Å². The standard InChI is InChI=1S/C24H40O3/c1-22(2,26)15-27-14-17-6-8-20-19-7-5-16-13-18(25)9-11-23(16,3)21(19)10-12-24(17,20)4/h5,17-21,25-26H,6-15H2,1-4H3. The van der Waals surface area contributed by atoms with Gasteiger partial charge in [-0.3, -0.25) is 0 Å². The minimum Gasteiger partial charge on any atom is -0.393 e. The molecule has 154 valence electrons. The van der Waals surface area contributed by atoms with Crippen LogP contribution in [-0.2, 0) is 4.74 Å². The van der Waals surface area contributed by atoms with Gasteiger partial charge in [0.25, 0.3) is 0 Å². The van der Waals surface area contributed by atoms with Crippen molar-refractivity contribution in [3.63, 3.8) is 0 Å². The van der Waals surface area contributed by atoms with Gasteiger partial charge < -0.3 is 14.9 Å². The molecule has 4 aliphatic rings. The highest BCUT2D eigenvalue weighted by molar-refractivity contribution is 5.25. The van der Waals surface area contributed by atoms with Crippen LogP contribution < -0.4 is 0 Å². The molecule has 3 heteroatoms. The lowest BCUT2D eigenvalue weighted by atomic mass is 9.47. The quantitative estimate of drug-likeness (QED) is 0.698. The third-order valence-corrected chi connectivity index (χ3v) is 9.05. The Bertz CT molecular complexity index is 591. The van der Waals surface area contributed by atoms with Gasteiger partial charge in [-0.05, 0) is 99.7 Å². The summed E-state index contributed by atoms with van der Waals surface area (Å²) in [7, 11) is 0. The van der Waals surface area contributed by atoms with E-state index in [9.17, 15) is 10.2 Å². The molecule has 4 rings (SSSR count). The first-order valence-corrected chi connectivity index (χ1v) is 11.3.